The van der Waals surface area contributed by atoms with Gasteiger partial charge < -0.3 is 10.1 Å². The van der Waals surface area contributed by atoms with E-state index in [1.54, 1.807) is 19.2 Å². The quantitative estimate of drug-likeness (QED) is 0.857. The van der Waals surface area contributed by atoms with E-state index in [1.807, 2.05) is 37.3 Å². The van der Waals surface area contributed by atoms with Crippen LogP contribution in [-0.2, 0) is 11.4 Å². The van der Waals surface area contributed by atoms with Crippen LogP contribution in [0.15, 0.2) is 54.6 Å². The Kier molecular flexibility index (Phi) is 5.31. The van der Waals surface area contributed by atoms with Crippen LogP contribution in [0.4, 0.5) is 4.39 Å². The molecule has 1 amide bonds. The van der Waals surface area contributed by atoms with Crippen LogP contribution < -0.4 is 10.1 Å². The molecule has 3 nitrogen and oxygen atoms in total. The third-order valence-corrected chi connectivity index (χ3v) is 3.20. The molecule has 0 heterocycles. The number of benzene rings is 2. The monoisotopic (exact) mass is 299 g/mol. The zero-order valence-electron chi connectivity index (χ0n) is 12.6. The molecular weight excluding hydrogens is 281 g/mol. The zero-order chi connectivity index (χ0) is 15.9. The summed E-state index contributed by atoms with van der Waals surface area (Å²) in [6.45, 7) is 2.18. The Morgan fingerprint density at radius 2 is 1.95 bits per heavy atom. The largest absolute Gasteiger partial charge is 0.489 e. The average Bonchev–Trinajstić information content (AvgIpc) is 2.53. The van der Waals surface area contributed by atoms with Gasteiger partial charge in [0.1, 0.15) is 18.2 Å². The van der Waals surface area contributed by atoms with Gasteiger partial charge >= 0.3 is 0 Å². The maximum Gasteiger partial charge on any atom is 0.244 e. The van der Waals surface area contributed by atoms with Gasteiger partial charge in [-0.2, -0.15) is 0 Å². The topological polar surface area (TPSA) is 38.3 Å². The lowest BCUT2D eigenvalue weighted by molar-refractivity contribution is -0.116. The highest BCUT2D eigenvalue weighted by Gasteiger charge is 2.01. The summed E-state index contributed by atoms with van der Waals surface area (Å²) in [6, 6.07) is 13.7. The van der Waals surface area contributed by atoms with E-state index in [-0.39, 0.29) is 11.7 Å². The van der Waals surface area contributed by atoms with E-state index < -0.39 is 0 Å². The van der Waals surface area contributed by atoms with E-state index in [1.165, 1.54) is 12.1 Å². The van der Waals surface area contributed by atoms with Crippen LogP contribution in [0.5, 0.6) is 5.75 Å². The van der Waals surface area contributed by atoms with Crippen molar-refractivity contribution in [3.05, 3.63) is 71.6 Å². The molecule has 114 valence electrons. The molecule has 4 heteroatoms. The first-order chi connectivity index (χ1) is 10.6. The van der Waals surface area contributed by atoms with Gasteiger partial charge in [0, 0.05) is 13.1 Å². The SMILES string of the molecule is CNC(=O)/C=C(\C)c1ccc(OCc2cccc(F)c2)cc1. The fraction of sp³-hybridized carbons (Fsp3) is 0.167. The Balaban J connectivity index is 2.00. The van der Waals surface area contributed by atoms with Crippen molar-refractivity contribution in [3.63, 3.8) is 0 Å². The van der Waals surface area contributed by atoms with Gasteiger partial charge in [-0.05, 0) is 47.9 Å². The number of likely N-dealkylation sites (N-methyl/N-ethyl adjacent to an activating group) is 1. The van der Waals surface area contributed by atoms with Crippen molar-refractivity contribution in [1.82, 2.24) is 5.32 Å². The molecule has 0 saturated carbocycles. The number of carbonyl (C=O) groups excluding carboxylic acids is 1. The molecule has 0 saturated heterocycles. The first-order valence-corrected chi connectivity index (χ1v) is 6.96. The molecular formula is C18H18FNO2. The molecule has 2 aromatic rings. The molecule has 0 radical (unpaired) electrons. The standard InChI is InChI=1S/C18H18FNO2/c1-13(10-18(21)20-2)15-6-8-17(9-7-15)22-12-14-4-3-5-16(19)11-14/h3-11H,12H2,1-2H3,(H,20,21)/b13-10+. The maximum absolute atomic E-state index is 13.1. The Labute approximate surface area is 129 Å². The van der Waals surface area contributed by atoms with Crippen molar-refractivity contribution in [2.24, 2.45) is 0 Å². The highest BCUT2D eigenvalue weighted by atomic mass is 19.1. The molecule has 0 unspecified atom stereocenters. The van der Waals surface area contributed by atoms with Crippen molar-refractivity contribution in [2.45, 2.75) is 13.5 Å². The number of nitrogens with one attached hydrogen (secondary N) is 1. The van der Waals surface area contributed by atoms with Crippen molar-refractivity contribution >= 4 is 11.5 Å². The molecule has 0 aromatic heterocycles. The molecule has 2 rings (SSSR count). The Morgan fingerprint density at radius 3 is 2.59 bits per heavy atom. The molecule has 0 spiro atoms. The van der Waals surface area contributed by atoms with Crippen LogP contribution >= 0.6 is 0 Å². The molecule has 0 aliphatic rings. The van der Waals surface area contributed by atoms with Gasteiger partial charge in [-0.3, -0.25) is 4.79 Å². The van der Waals surface area contributed by atoms with Crippen molar-refractivity contribution in [1.29, 1.82) is 0 Å². The van der Waals surface area contributed by atoms with E-state index in [0.717, 1.165) is 16.7 Å². The minimum atomic E-state index is -0.272. The van der Waals surface area contributed by atoms with Crippen LogP contribution in [0.25, 0.3) is 5.57 Å². The molecule has 0 aliphatic carbocycles. The van der Waals surface area contributed by atoms with Gasteiger partial charge in [0.15, 0.2) is 0 Å². The summed E-state index contributed by atoms with van der Waals surface area (Å²) in [4.78, 5) is 11.3. The summed E-state index contributed by atoms with van der Waals surface area (Å²) in [5.41, 5.74) is 2.59. The number of carbonyl (C=O) groups is 1. The molecule has 1 N–H and O–H groups in total. The number of allylic oxidation sites excluding steroid dienone is 1. The second-order valence-corrected chi connectivity index (χ2v) is 4.88. The lowest BCUT2D eigenvalue weighted by atomic mass is 10.1. The summed E-state index contributed by atoms with van der Waals surface area (Å²) < 4.78 is 18.7. The normalized spacial score (nSPS) is 11.1. The van der Waals surface area contributed by atoms with Gasteiger partial charge in [0.05, 0.1) is 0 Å². The molecule has 0 atom stereocenters. The van der Waals surface area contributed by atoms with Crippen LogP contribution in [0, 0.1) is 5.82 Å². The number of rotatable bonds is 5. The van der Waals surface area contributed by atoms with E-state index in [0.29, 0.717) is 12.4 Å². The van der Waals surface area contributed by atoms with Gasteiger partial charge in [-0.25, -0.2) is 4.39 Å². The minimum Gasteiger partial charge on any atom is -0.489 e. The average molecular weight is 299 g/mol. The number of hydrogen-bond donors (Lipinski definition) is 1. The van der Waals surface area contributed by atoms with E-state index in [9.17, 15) is 9.18 Å². The van der Waals surface area contributed by atoms with Crippen LogP contribution in [0.1, 0.15) is 18.1 Å². The Hall–Kier alpha value is -2.62. The smallest absolute Gasteiger partial charge is 0.244 e. The zero-order valence-corrected chi connectivity index (χ0v) is 12.6. The van der Waals surface area contributed by atoms with E-state index in [2.05, 4.69) is 5.32 Å². The molecule has 2 aromatic carbocycles. The molecule has 22 heavy (non-hydrogen) atoms. The minimum absolute atomic E-state index is 0.135. The second kappa shape index (κ2) is 7.41. The Morgan fingerprint density at radius 1 is 1.23 bits per heavy atom. The molecule has 0 fully saturated rings. The van der Waals surface area contributed by atoms with E-state index >= 15 is 0 Å². The van der Waals surface area contributed by atoms with Gasteiger partial charge in [-0.1, -0.05) is 24.3 Å². The van der Waals surface area contributed by atoms with Crippen LogP contribution in [0.2, 0.25) is 0 Å². The first-order valence-electron chi connectivity index (χ1n) is 6.96. The lowest BCUT2D eigenvalue weighted by Gasteiger charge is -2.08. The first kappa shape index (κ1) is 15.8. The third kappa shape index (κ3) is 4.45. The second-order valence-electron chi connectivity index (χ2n) is 4.88. The summed E-state index contributed by atoms with van der Waals surface area (Å²) >= 11 is 0. The highest BCUT2D eigenvalue weighted by molar-refractivity contribution is 5.94. The number of ether oxygens (including phenoxy) is 1. The number of amides is 1. The molecule has 0 bridgehead atoms. The fourth-order valence-electron chi connectivity index (χ4n) is 1.96. The van der Waals surface area contributed by atoms with Crippen LogP contribution in [0.3, 0.4) is 0 Å². The van der Waals surface area contributed by atoms with Gasteiger partial charge in [-0.15, -0.1) is 0 Å². The lowest BCUT2D eigenvalue weighted by Crippen LogP contribution is -2.14. The summed E-state index contributed by atoms with van der Waals surface area (Å²) in [5.74, 6) is 0.288. The number of hydrogen-bond acceptors (Lipinski definition) is 2. The van der Waals surface area contributed by atoms with Crippen molar-refractivity contribution in [2.75, 3.05) is 7.05 Å². The summed E-state index contributed by atoms with van der Waals surface area (Å²) in [5, 5.41) is 2.55. The third-order valence-electron chi connectivity index (χ3n) is 3.20. The van der Waals surface area contributed by atoms with Gasteiger partial charge in [0.2, 0.25) is 5.91 Å². The summed E-state index contributed by atoms with van der Waals surface area (Å²) in [6.07, 6.45) is 1.54. The molecule has 0 aliphatic heterocycles. The fourth-order valence-corrected chi connectivity index (χ4v) is 1.96. The predicted molar refractivity (Wildman–Crippen MR) is 84.9 cm³/mol. The van der Waals surface area contributed by atoms with Gasteiger partial charge in [0.25, 0.3) is 0 Å². The van der Waals surface area contributed by atoms with Crippen molar-refractivity contribution in [3.8, 4) is 5.75 Å². The highest BCUT2D eigenvalue weighted by Crippen LogP contribution is 2.19. The predicted octanol–water partition coefficient (Wildman–Crippen LogP) is 3.55. The Bertz CT molecular complexity index is 678. The maximum atomic E-state index is 13.1. The van der Waals surface area contributed by atoms with Crippen molar-refractivity contribution < 1.29 is 13.9 Å². The van der Waals surface area contributed by atoms with Crippen LogP contribution in [-0.4, -0.2) is 13.0 Å². The number of halogens is 1. The van der Waals surface area contributed by atoms with E-state index in [4.69, 9.17) is 4.74 Å². The summed E-state index contributed by atoms with van der Waals surface area (Å²) in [7, 11) is 1.59.